The van der Waals surface area contributed by atoms with Crippen molar-refractivity contribution in [3.05, 3.63) is 51.8 Å². The second kappa shape index (κ2) is 10.5. The van der Waals surface area contributed by atoms with Crippen molar-refractivity contribution in [3.63, 3.8) is 0 Å². The Kier molecular flexibility index (Phi) is 7.85. The standard InChI is InChI=1S/C27H37N3O4/c1-8-34-26(32)24-17(6)23(18(7)28-24)22(31)14-30(19-12-13-19)27(33)29-25-20(15(2)3)10-9-11-21(25)16(4)5/h9-11,15-16,19,28H,8,12-14H2,1-7H3,(H,29,33). The van der Waals surface area contributed by atoms with Crippen LogP contribution in [0.3, 0.4) is 0 Å². The number of aromatic nitrogens is 1. The number of nitrogens with one attached hydrogen (secondary N) is 2. The fourth-order valence-corrected chi connectivity index (χ4v) is 4.44. The summed E-state index contributed by atoms with van der Waals surface area (Å²) in [6.45, 7) is 13.9. The van der Waals surface area contributed by atoms with Gasteiger partial charge in [0, 0.05) is 23.0 Å². The van der Waals surface area contributed by atoms with E-state index in [4.69, 9.17) is 4.74 Å². The maximum atomic E-state index is 13.5. The molecule has 184 valence electrons. The zero-order chi connectivity index (χ0) is 25.2. The molecule has 1 heterocycles. The summed E-state index contributed by atoms with van der Waals surface area (Å²) in [5, 5.41) is 3.14. The number of hydrogen-bond acceptors (Lipinski definition) is 4. The molecule has 1 fully saturated rings. The summed E-state index contributed by atoms with van der Waals surface area (Å²) in [7, 11) is 0. The summed E-state index contributed by atoms with van der Waals surface area (Å²) < 4.78 is 5.10. The van der Waals surface area contributed by atoms with E-state index < -0.39 is 5.97 Å². The maximum absolute atomic E-state index is 13.5. The molecule has 2 aromatic rings. The molecule has 34 heavy (non-hydrogen) atoms. The molecule has 1 saturated carbocycles. The van der Waals surface area contributed by atoms with Crippen LogP contribution in [0.2, 0.25) is 0 Å². The number of benzene rings is 1. The van der Waals surface area contributed by atoms with Crippen LogP contribution >= 0.6 is 0 Å². The van der Waals surface area contributed by atoms with Crippen molar-refractivity contribution in [2.75, 3.05) is 18.5 Å². The lowest BCUT2D eigenvalue weighted by atomic mass is 9.93. The van der Waals surface area contributed by atoms with Crippen LogP contribution in [0.5, 0.6) is 0 Å². The highest BCUT2D eigenvalue weighted by Gasteiger charge is 2.36. The average molecular weight is 468 g/mol. The quantitative estimate of drug-likeness (QED) is 0.353. The number of H-pyrrole nitrogens is 1. The molecule has 1 aromatic heterocycles. The first kappa shape index (κ1) is 25.5. The molecule has 0 unspecified atom stereocenters. The molecule has 7 heteroatoms. The lowest BCUT2D eigenvalue weighted by molar-refractivity contribution is 0.0519. The fraction of sp³-hybridized carbons (Fsp3) is 0.519. The number of carbonyl (C=O) groups is 3. The van der Waals surface area contributed by atoms with Crippen molar-refractivity contribution >= 4 is 23.5 Å². The Labute approximate surface area is 202 Å². The van der Waals surface area contributed by atoms with E-state index in [1.54, 1.807) is 25.7 Å². The number of hydrogen-bond donors (Lipinski definition) is 2. The normalized spacial score (nSPS) is 13.3. The molecule has 0 atom stereocenters. The zero-order valence-corrected chi connectivity index (χ0v) is 21.4. The zero-order valence-electron chi connectivity index (χ0n) is 21.4. The van der Waals surface area contributed by atoms with Gasteiger partial charge in [-0.05, 0) is 62.1 Å². The SMILES string of the molecule is CCOC(=O)c1[nH]c(C)c(C(=O)CN(C(=O)Nc2c(C(C)C)cccc2C(C)C)C2CC2)c1C. The number of nitrogens with zero attached hydrogens (tertiary/aromatic N) is 1. The predicted molar refractivity (Wildman–Crippen MR) is 134 cm³/mol. The van der Waals surface area contributed by atoms with Gasteiger partial charge < -0.3 is 19.9 Å². The third-order valence-electron chi connectivity index (χ3n) is 6.36. The summed E-state index contributed by atoms with van der Waals surface area (Å²) in [6, 6.07) is 5.90. The Bertz CT molecular complexity index is 1050. The van der Waals surface area contributed by atoms with E-state index in [1.165, 1.54) is 0 Å². The van der Waals surface area contributed by atoms with Crippen LogP contribution in [0.4, 0.5) is 10.5 Å². The fourth-order valence-electron chi connectivity index (χ4n) is 4.44. The minimum Gasteiger partial charge on any atom is -0.461 e. The van der Waals surface area contributed by atoms with Gasteiger partial charge in [0.05, 0.1) is 13.2 Å². The summed E-state index contributed by atoms with van der Waals surface area (Å²) in [5.41, 5.74) is 4.91. The van der Waals surface area contributed by atoms with Crippen LogP contribution in [0, 0.1) is 13.8 Å². The number of aromatic amines is 1. The number of anilines is 1. The summed E-state index contributed by atoms with van der Waals surface area (Å²) in [4.78, 5) is 43.7. The molecular weight excluding hydrogens is 430 g/mol. The van der Waals surface area contributed by atoms with Crippen LogP contribution in [-0.2, 0) is 4.74 Å². The summed E-state index contributed by atoms with van der Waals surface area (Å²) in [6.07, 6.45) is 1.76. The second-order valence-corrected chi connectivity index (χ2v) is 9.68. The topological polar surface area (TPSA) is 91.5 Å². The van der Waals surface area contributed by atoms with Crippen molar-refractivity contribution in [3.8, 4) is 0 Å². The highest BCUT2D eigenvalue weighted by atomic mass is 16.5. The Balaban J connectivity index is 1.86. The molecule has 1 aromatic carbocycles. The van der Waals surface area contributed by atoms with Gasteiger partial charge in [-0.3, -0.25) is 4.79 Å². The van der Waals surface area contributed by atoms with Crippen molar-refractivity contribution in [2.45, 2.75) is 79.2 Å². The first-order chi connectivity index (χ1) is 16.1. The average Bonchev–Trinajstić information content (AvgIpc) is 3.56. The van der Waals surface area contributed by atoms with Gasteiger partial charge in [0.2, 0.25) is 0 Å². The third kappa shape index (κ3) is 5.34. The van der Waals surface area contributed by atoms with Crippen molar-refractivity contribution in [2.24, 2.45) is 0 Å². The van der Waals surface area contributed by atoms with E-state index in [1.807, 2.05) is 18.2 Å². The van der Waals surface area contributed by atoms with E-state index in [2.05, 4.69) is 38.0 Å². The van der Waals surface area contributed by atoms with Gasteiger partial charge in [-0.15, -0.1) is 0 Å². The van der Waals surface area contributed by atoms with E-state index >= 15 is 0 Å². The first-order valence-electron chi connectivity index (χ1n) is 12.2. The maximum Gasteiger partial charge on any atom is 0.355 e. The third-order valence-corrected chi connectivity index (χ3v) is 6.36. The molecule has 0 aliphatic heterocycles. The lowest BCUT2D eigenvalue weighted by Gasteiger charge is -2.26. The number of esters is 1. The Morgan fingerprint density at radius 1 is 1.09 bits per heavy atom. The van der Waals surface area contributed by atoms with E-state index in [0.29, 0.717) is 16.8 Å². The van der Waals surface area contributed by atoms with E-state index in [9.17, 15) is 14.4 Å². The number of urea groups is 1. The molecule has 2 amide bonds. The van der Waals surface area contributed by atoms with Gasteiger partial charge >= 0.3 is 12.0 Å². The monoisotopic (exact) mass is 467 g/mol. The highest BCUT2D eigenvalue weighted by molar-refractivity contribution is 6.05. The largest absolute Gasteiger partial charge is 0.461 e. The molecule has 2 N–H and O–H groups in total. The Morgan fingerprint density at radius 3 is 2.18 bits per heavy atom. The van der Waals surface area contributed by atoms with Crippen molar-refractivity contribution in [1.82, 2.24) is 9.88 Å². The number of aryl methyl sites for hydroxylation is 1. The molecular formula is C27H37N3O4. The predicted octanol–water partition coefficient (Wildman–Crippen LogP) is 5.93. The van der Waals surface area contributed by atoms with Gasteiger partial charge in [0.25, 0.3) is 0 Å². The van der Waals surface area contributed by atoms with Gasteiger partial charge in [-0.2, -0.15) is 0 Å². The molecule has 0 radical (unpaired) electrons. The van der Waals surface area contributed by atoms with E-state index in [-0.39, 0.29) is 48.5 Å². The molecule has 1 aliphatic carbocycles. The van der Waals surface area contributed by atoms with Crippen LogP contribution in [0.25, 0.3) is 0 Å². The summed E-state index contributed by atoms with van der Waals surface area (Å²) in [5.74, 6) is -0.177. The van der Waals surface area contributed by atoms with E-state index in [0.717, 1.165) is 29.7 Å². The molecule has 1 aliphatic rings. The minimum atomic E-state index is -0.481. The molecule has 0 bridgehead atoms. The van der Waals surface area contributed by atoms with Crippen LogP contribution in [0.15, 0.2) is 18.2 Å². The smallest absolute Gasteiger partial charge is 0.355 e. The molecule has 7 nitrogen and oxygen atoms in total. The first-order valence-corrected chi connectivity index (χ1v) is 12.2. The number of ether oxygens (including phenoxy) is 1. The Morgan fingerprint density at radius 2 is 1.68 bits per heavy atom. The number of ketones is 1. The van der Waals surface area contributed by atoms with Crippen molar-refractivity contribution < 1.29 is 19.1 Å². The Hall–Kier alpha value is -3.09. The second-order valence-electron chi connectivity index (χ2n) is 9.68. The number of rotatable bonds is 9. The molecule has 3 rings (SSSR count). The number of para-hydroxylation sites is 1. The highest BCUT2D eigenvalue weighted by Crippen LogP contribution is 2.34. The van der Waals surface area contributed by atoms with Gasteiger partial charge in [0.15, 0.2) is 5.78 Å². The van der Waals surface area contributed by atoms with Crippen LogP contribution < -0.4 is 5.32 Å². The number of carbonyl (C=O) groups excluding carboxylic acids is 3. The molecule has 0 spiro atoms. The molecule has 0 saturated heterocycles. The minimum absolute atomic E-state index is 0.0425. The van der Waals surface area contributed by atoms with Crippen molar-refractivity contribution in [1.29, 1.82) is 0 Å². The van der Waals surface area contributed by atoms with Crippen LogP contribution in [-0.4, -0.2) is 46.9 Å². The summed E-state index contributed by atoms with van der Waals surface area (Å²) >= 11 is 0. The number of amides is 2. The van der Waals surface area contributed by atoms with Gasteiger partial charge in [-0.25, -0.2) is 9.59 Å². The van der Waals surface area contributed by atoms with Gasteiger partial charge in [0.1, 0.15) is 5.69 Å². The lowest BCUT2D eigenvalue weighted by Crippen LogP contribution is -2.41. The van der Waals surface area contributed by atoms with Gasteiger partial charge in [-0.1, -0.05) is 45.9 Å². The van der Waals surface area contributed by atoms with Crippen LogP contribution in [0.1, 0.15) is 103 Å². The number of Topliss-reactive ketones (excluding diaryl/α,β-unsaturated/α-hetero) is 1.